The summed E-state index contributed by atoms with van der Waals surface area (Å²) in [7, 11) is 1.75. The van der Waals surface area contributed by atoms with E-state index in [9.17, 15) is 14.0 Å². The standard InChI is InChI=1S/C14H15FN4O2/c1-3-8-6-11-9(7-10(8)15)13(17-18(11)2)19-5-4-12(20)16-14(19)21/h6-7H,3-5H2,1-2H3,(H,16,20,21). The molecule has 0 unspecified atom stereocenters. The molecule has 1 aromatic carbocycles. The number of benzene rings is 1. The zero-order valence-electron chi connectivity index (χ0n) is 11.8. The zero-order chi connectivity index (χ0) is 15.1. The van der Waals surface area contributed by atoms with Crippen LogP contribution in [0.25, 0.3) is 10.9 Å². The molecule has 2 aromatic rings. The monoisotopic (exact) mass is 290 g/mol. The number of hydrogen-bond donors (Lipinski definition) is 1. The van der Waals surface area contributed by atoms with Gasteiger partial charge in [0.05, 0.1) is 5.52 Å². The minimum Gasteiger partial charge on any atom is -0.278 e. The van der Waals surface area contributed by atoms with Crippen molar-refractivity contribution in [2.45, 2.75) is 19.8 Å². The quantitative estimate of drug-likeness (QED) is 0.915. The van der Waals surface area contributed by atoms with Crippen LogP contribution in [0.2, 0.25) is 0 Å². The maximum Gasteiger partial charge on any atom is 0.329 e. The average molecular weight is 290 g/mol. The number of rotatable bonds is 2. The van der Waals surface area contributed by atoms with Crippen molar-refractivity contribution < 1.29 is 14.0 Å². The van der Waals surface area contributed by atoms with Crippen LogP contribution in [0.1, 0.15) is 18.9 Å². The van der Waals surface area contributed by atoms with Gasteiger partial charge < -0.3 is 0 Å². The fraction of sp³-hybridized carbons (Fsp3) is 0.357. The highest BCUT2D eigenvalue weighted by Crippen LogP contribution is 2.29. The molecule has 3 rings (SSSR count). The van der Waals surface area contributed by atoms with Gasteiger partial charge in [-0.05, 0) is 24.1 Å². The second-order valence-electron chi connectivity index (χ2n) is 5.02. The molecule has 1 aliphatic heterocycles. The van der Waals surface area contributed by atoms with Crippen molar-refractivity contribution in [1.29, 1.82) is 0 Å². The number of anilines is 1. The smallest absolute Gasteiger partial charge is 0.278 e. The van der Waals surface area contributed by atoms with Crippen LogP contribution < -0.4 is 10.2 Å². The number of carbonyl (C=O) groups excluding carboxylic acids is 2. The molecule has 2 heterocycles. The number of nitrogens with zero attached hydrogens (tertiary/aromatic N) is 3. The fourth-order valence-corrected chi connectivity index (χ4v) is 2.54. The predicted molar refractivity (Wildman–Crippen MR) is 75.6 cm³/mol. The highest BCUT2D eigenvalue weighted by molar-refractivity contribution is 6.08. The van der Waals surface area contributed by atoms with E-state index < -0.39 is 6.03 Å². The third-order valence-corrected chi connectivity index (χ3v) is 3.69. The van der Waals surface area contributed by atoms with Crippen LogP contribution in [0.15, 0.2) is 12.1 Å². The number of fused-ring (bicyclic) bond motifs is 1. The molecule has 110 valence electrons. The van der Waals surface area contributed by atoms with Gasteiger partial charge in [0.15, 0.2) is 5.82 Å². The molecule has 0 saturated carbocycles. The highest BCUT2D eigenvalue weighted by atomic mass is 19.1. The molecule has 1 N–H and O–H groups in total. The van der Waals surface area contributed by atoms with Crippen LogP contribution >= 0.6 is 0 Å². The minimum absolute atomic E-state index is 0.208. The Morgan fingerprint density at radius 2 is 2.14 bits per heavy atom. The molecule has 1 saturated heterocycles. The summed E-state index contributed by atoms with van der Waals surface area (Å²) in [6.07, 6.45) is 0.792. The Kier molecular flexibility index (Phi) is 3.12. The van der Waals surface area contributed by atoms with Crippen molar-refractivity contribution >= 4 is 28.7 Å². The van der Waals surface area contributed by atoms with Crippen LogP contribution in [0.5, 0.6) is 0 Å². The molecule has 1 aromatic heterocycles. The molecule has 3 amide bonds. The summed E-state index contributed by atoms with van der Waals surface area (Å²) in [5.41, 5.74) is 1.36. The van der Waals surface area contributed by atoms with Crippen LogP contribution in [0.3, 0.4) is 0 Å². The van der Waals surface area contributed by atoms with E-state index in [0.29, 0.717) is 23.2 Å². The number of nitrogens with one attached hydrogen (secondary N) is 1. The lowest BCUT2D eigenvalue weighted by molar-refractivity contribution is -0.120. The third-order valence-electron chi connectivity index (χ3n) is 3.69. The van der Waals surface area contributed by atoms with E-state index in [4.69, 9.17) is 0 Å². The molecule has 0 aliphatic carbocycles. The number of aromatic nitrogens is 2. The molecular formula is C14H15FN4O2. The molecule has 0 bridgehead atoms. The Morgan fingerprint density at radius 3 is 2.81 bits per heavy atom. The molecule has 7 heteroatoms. The second-order valence-corrected chi connectivity index (χ2v) is 5.02. The second kappa shape index (κ2) is 4.83. The first-order valence-electron chi connectivity index (χ1n) is 6.77. The van der Waals surface area contributed by atoms with E-state index in [2.05, 4.69) is 10.4 Å². The lowest BCUT2D eigenvalue weighted by atomic mass is 10.1. The summed E-state index contributed by atoms with van der Waals surface area (Å²) in [6, 6.07) is 2.63. The topological polar surface area (TPSA) is 67.2 Å². The van der Waals surface area contributed by atoms with Gasteiger partial charge in [-0.25, -0.2) is 9.18 Å². The number of carbonyl (C=O) groups is 2. The first-order valence-corrected chi connectivity index (χ1v) is 6.77. The Morgan fingerprint density at radius 1 is 1.38 bits per heavy atom. The Hall–Kier alpha value is -2.44. The van der Waals surface area contributed by atoms with Crippen LogP contribution in [-0.4, -0.2) is 28.3 Å². The number of aryl methyl sites for hydroxylation is 2. The number of amides is 3. The van der Waals surface area contributed by atoms with E-state index in [1.54, 1.807) is 17.8 Å². The van der Waals surface area contributed by atoms with Gasteiger partial charge in [0.25, 0.3) is 0 Å². The first kappa shape index (κ1) is 13.5. The lowest BCUT2D eigenvalue weighted by Crippen LogP contribution is -2.49. The molecule has 0 atom stereocenters. The summed E-state index contributed by atoms with van der Waals surface area (Å²) in [5, 5.41) is 7.12. The lowest BCUT2D eigenvalue weighted by Gasteiger charge is -2.24. The van der Waals surface area contributed by atoms with E-state index in [1.807, 2.05) is 6.92 Å². The van der Waals surface area contributed by atoms with Crippen LogP contribution in [0.4, 0.5) is 15.0 Å². The number of hydrogen-bond acceptors (Lipinski definition) is 3. The van der Waals surface area contributed by atoms with Gasteiger partial charge in [0.1, 0.15) is 5.82 Å². The van der Waals surface area contributed by atoms with Crippen LogP contribution in [-0.2, 0) is 18.3 Å². The maximum atomic E-state index is 14.0. The Bertz CT molecular complexity index is 753. The summed E-state index contributed by atoms with van der Waals surface area (Å²) in [5.74, 6) is -0.247. The first-order chi connectivity index (χ1) is 10.0. The molecule has 0 radical (unpaired) electrons. The number of imide groups is 1. The van der Waals surface area contributed by atoms with Gasteiger partial charge in [-0.15, -0.1) is 0 Å². The fourth-order valence-electron chi connectivity index (χ4n) is 2.54. The Balaban J connectivity index is 2.13. The summed E-state index contributed by atoms with van der Waals surface area (Å²) < 4.78 is 15.6. The highest BCUT2D eigenvalue weighted by Gasteiger charge is 2.28. The van der Waals surface area contributed by atoms with Crippen molar-refractivity contribution in [2.24, 2.45) is 7.05 Å². The van der Waals surface area contributed by atoms with Gasteiger partial charge in [0.2, 0.25) is 5.91 Å². The Labute approximate surface area is 120 Å². The van der Waals surface area contributed by atoms with Crippen molar-refractivity contribution in [3.8, 4) is 0 Å². The number of halogens is 1. The molecule has 0 spiro atoms. The van der Waals surface area contributed by atoms with Crippen molar-refractivity contribution in [3.05, 3.63) is 23.5 Å². The molecular weight excluding hydrogens is 275 g/mol. The largest absolute Gasteiger partial charge is 0.329 e. The van der Waals surface area contributed by atoms with Crippen LogP contribution in [0, 0.1) is 5.82 Å². The summed E-state index contributed by atoms with van der Waals surface area (Å²) >= 11 is 0. The molecule has 21 heavy (non-hydrogen) atoms. The van der Waals surface area contributed by atoms with E-state index >= 15 is 0 Å². The van der Waals surface area contributed by atoms with E-state index in [-0.39, 0.29) is 24.7 Å². The molecule has 6 nitrogen and oxygen atoms in total. The van der Waals surface area contributed by atoms with Crippen molar-refractivity contribution in [1.82, 2.24) is 15.1 Å². The van der Waals surface area contributed by atoms with Gasteiger partial charge in [-0.3, -0.25) is 19.7 Å². The van der Waals surface area contributed by atoms with Crippen molar-refractivity contribution in [3.63, 3.8) is 0 Å². The maximum absolute atomic E-state index is 14.0. The van der Waals surface area contributed by atoms with E-state index in [1.165, 1.54) is 11.0 Å². The van der Waals surface area contributed by atoms with Gasteiger partial charge >= 0.3 is 6.03 Å². The van der Waals surface area contributed by atoms with Gasteiger partial charge in [-0.2, -0.15) is 5.10 Å². The minimum atomic E-state index is -0.522. The SMILES string of the molecule is CCc1cc2c(cc1F)c(N1CCC(=O)NC1=O)nn2C. The zero-order valence-corrected chi connectivity index (χ0v) is 11.8. The molecule has 1 aliphatic rings. The summed E-state index contributed by atoms with van der Waals surface area (Å²) in [6.45, 7) is 2.12. The normalized spacial score (nSPS) is 15.7. The summed E-state index contributed by atoms with van der Waals surface area (Å²) in [4.78, 5) is 24.5. The van der Waals surface area contributed by atoms with E-state index in [0.717, 1.165) is 5.52 Å². The van der Waals surface area contributed by atoms with Crippen molar-refractivity contribution in [2.75, 3.05) is 11.4 Å². The average Bonchev–Trinajstić information content (AvgIpc) is 2.74. The predicted octanol–water partition coefficient (Wildman–Crippen LogP) is 1.72. The molecule has 1 fully saturated rings. The third kappa shape index (κ3) is 2.14. The number of urea groups is 1. The van der Waals surface area contributed by atoms with Gasteiger partial charge in [0, 0.05) is 25.4 Å². The van der Waals surface area contributed by atoms with Gasteiger partial charge in [-0.1, -0.05) is 6.92 Å².